The topological polar surface area (TPSA) is 69.4 Å². The van der Waals surface area contributed by atoms with Crippen molar-refractivity contribution in [3.8, 4) is 5.69 Å². The molecule has 0 unspecified atom stereocenters. The van der Waals surface area contributed by atoms with Gasteiger partial charge in [-0.2, -0.15) is 18.3 Å². The van der Waals surface area contributed by atoms with Crippen molar-refractivity contribution in [3.05, 3.63) is 58.9 Å². The summed E-state index contributed by atoms with van der Waals surface area (Å²) in [6.07, 6.45) is 1.05. The summed E-state index contributed by atoms with van der Waals surface area (Å²) in [6.45, 7) is 1.68. The molecule has 3 aromatic rings. The first kappa shape index (κ1) is 16.3. The first-order valence-corrected chi connectivity index (χ1v) is 7.12. The Hall–Kier alpha value is -2.55. The van der Waals surface area contributed by atoms with Crippen LogP contribution in [0.2, 0.25) is 5.02 Å². The van der Waals surface area contributed by atoms with Gasteiger partial charge in [-0.05, 0) is 13.0 Å². The Kier molecular flexibility index (Phi) is 4.18. The zero-order chi connectivity index (χ0) is 17.3. The van der Waals surface area contributed by atoms with E-state index in [2.05, 4.69) is 25.0 Å². The maximum absolute atomic E-state index is 13.0. The second-order valence-electron chi connectivity index (χ2n) is 4.91. The van der Waals surface area contributed by atoms with Crippen LogP contribution in [-0.4, -0.2) is 29.7 Å². The molecule has 24 heavy (non-hydrogen) atoms. The minimum absolute atomic E-state index is 0.0497. The normalized spacial score (nSPS) is 11.7. The molecular weight excluding hydrogens is 345 g/mol. The average molecular weight is 355 g/mol. The zero-order valence-corrected chi connectivity index (χ0v) is 13.0. The van der Waals surface area contributed by atoms with E-state index in [0.717, 1.165) is 10.7 Å². The van der Waals surface area contributed by atoms with Gasteiger partial charge in [0.2, 0.25) is 0 Å². The lowest BCUT2D eigenvalue weighted by Gasteiger charge is -2.06. The fraction of sp³-hybridized carbons (Fsp3) is 0.214. The zero-order valence-electron chi connectivity index (χ0n) is 12.3. The van der Waals surface area contributed by atoms with E-state index in [1.807, 2.05) is 0 Å². The molecule has 0 bridgehead atoms. The lowest BCUT2D eigenvalue weighted by atomic mass is 10.2. The van der Waals surface area contributed by atoms with Gasteiger partial charge in [0.1, 0.15) is 17.3 Å². The van der Waals surface area contributed by atoms with Crippen LogP contribution in [0.15, 0.2) is 30.9 Å². The van der Waals surface area contributed by atoms with Gasteiger partial charge in [0.15, 0.2) is 5.69 Å². The molecular formula is C14H10ClF3N6. The van der Waals surface area contributed by atoms with E-state index in [0.29, 0.717) is 22.4 Å². The summed E-state index contributed by atoms with van der Waals surface area (Å²) < 4.78 is 40.1. The summed E-state index contributed by atoms with van der Waals surface area (Å²) in [6, 6.07) is 0.956. The van der Waals surface area contributed by atoms with Gasteiger partial charge in [-0.25, -0.2) is 24.6 Å². The largest absolute Gasteiger partial charge is 0.435 e. The molecule has 124 valence electrons. The summed E-state index contributed by atoms with van der Waals surface area (Å²) in [7, 11) is 0. The predicted molar refractivity (Wildman–Crippen MR) is 78.7 cm³/mol. The third-order valence-corrected chi connectivity index (χ3v) is 3.29. The first-order chi connectivity index (χ1) is 11.3. The molecule has 6 nitrogen and oxygen atoms in total. The number of halogens is 4. The maximum Gasteiger partial charge on any atom is 0.435 e. The highest BCUT2D eigenvalue weighted by Gasteiger charge is 2.35. The average Bonchev–Trinajstić information content (AvgIpc) is 2.94. The molecule has 0 saturated heterocycles. The molecule has 0 radical (unpaired) electrons. The summed E-state index contributed by atoms with van der Waals surface area (Å²) in [4.78, 5) is 16.0. The number of rotatable bonds is 3. The molecule has 0 atom stereocenters. The van der Waals surface area contributed by atoms with Gasteiger partial charge in [-0.15, -0.1) is 0 Å². The number of nitrogens with zero attached hydrogens (tertiary/aromatic N) is 6. The van der Waals surface area contributed by atoms with E-state index in [-0.39, 0.29) is 12.1 Å². The number of hydrogen-bond donors (Lipinski definition) is 0. The van der Waals surface area contributed by atoms with Gasteiger partial charge in [-0.3, -0.25) is 0 Å². The fourth-order valence-electron chi connectivity index (χ4n) is 2.00. The predicted octanol–water partition coefficient (Wildman–Crippen LogP) is 3.02. The molecule has 0 aliphatic carbocycles. The van der Waals surface area contributed by atoms with Crippen LogP contribution < -0.4 is 0 Å². The molecule has 0 aromatic carbocycles. The summed E-state index contributed by atoms with van der Waals surface area (Å²) >= 11 is 5.71. The highest BCUT2D eigenvalue weighted by Crippen LogP contribution is 2.30. The molecule has 0 aliphatic heterocycles. The Bertz CT molecular complexity index is 842. The monoisotopic (exact) mass is 354 g/mol. The number of aromatic nitrogens is 6. The summed E-state index contributed by atoms with van der Waals surface area (Å²) in [5, 5.41) is 3.97. The highest BCUT2D eigenvalue weighted by atomic mass is 35.5. The van der Waals surface area contributed by atoms with Crippen LogP contribution in [0.4, 0.5) is 13.2 Å². The van der Waals surface area contributed by atoms with E-state index >= 15 is 0 Å². The quantitative estimate of drug-likeness (QED) is 0.723. The van der Waals surface area contributed by atoms with E-state index in [4.69, 9.17) is 11.6 Å². The van der Waals surface area contributed by atoms with Crippen molar-refractivity contribution in [1.29, 1.82) is 0 Å². The van der Waals surface area contributed by atoms with E-state index in [1.165, 1.54) is 24.8 Å². The van der Waals surface area contributed by atoms with Crippen LogP contribution >= 0.6 is 11.6 Å². The van der Waals surface area contributed by atoms with Crippen molar-refractivity contribution in [1.82, 2.24) is 29.7 Å². The highest BCUT2D eigenvalue weighted by molar-refractivity contribution is 6.30. The van der Waals surface area contributed by atoms with Gasteiger partial charge in [0.05, 0.1) is 29.5 Å². The smallest absolute Gasteiger partial charge is 0.239 e. The van der Waals surface area contributed by atoms with Crippen molar-refractivity contribution in [2.24, 2.45) is 0 Å². The standard InChI is InChI=1S/C14H10ClF3N6/c1-8-19-6-11(7-20-8)24-10(2-12(23-24)14(16,17)18)3-13-21-4-9(15)5-22-13/h2,4-7H,3H2,1H3. The number of aryl methyl sites for hydroxylation is 1. The van der Waals surface area contributed by atoms with E-state index in [9.17, 15) is 13.2 Å². The minimum Gasteiger partial charge on any atom is -0.239 e. The molecule has 3 rings (SSSR count). The van der Waals surface area contributed by atoms with Crippen LogP contribution in [0.25, 0.3) is 5.69 Å². The Labute approximate surface area is 139 Å². The van der Waals surface area contributed by atoms with Gasteiger partial charge in [0, 0.05) is 12.4 Å². The second-order valence-corrected chi connectivity index (χ2v) is 5.35. The Balaban J connectivity index is 2.04. The molecule has 3 aromatic heterocycles. The molecule has 3 heterocycles. The van der Waals surface area contributed by atoms with Crippen LogP contribution in [0.5, 0.6) is 0 Å². The number of hydrogen-bond acceptors (Lipinski definition) is 5. The third kappa shape index (κ3) is 3.51. The van der Waals surface area contributed by atoms with Crippen LogP contribution in [0.3, 0.4) is 0 Å². The first-order valence-electron chi connectivity index (χ1n) is 6.74. The SMILES string of the molecule is Cc1ncc(-n2nc(C(F)(F)F)cc2Cc2ncc(Cl)cn2)cn1. The van der Waals surface area contributed by atoms with Gasteiger partial charge in [-0.1, -0.05) is 11.6 Å². The maximum atomic E-state index is 13.0. The van der Waals surface area contributed by atoms with Gasteiger partial charge < -0.3 is 0 Å². The molecule has 0 aliphatic rings. The Morgan fingerprint density at radius 3 is 2.25 bits per heavy atom. The minimum atomic E-state index is -4.56. The lowest BCUT2D eigenvalue weighted by molar-refractivity contribution is -0.141. The van der Waals surface area contributed by atoms with Gasteiger partial charge in [0.25, 0.3) is 0 Å². The molecule has 10 heteroatoms. The van der Waals surface area contributed by atoms with Crippen molar-refractivity contribution in [2.75, 3.05) is 0 Å². The molecule has 0 fully saturated rings. The number of alkyl halides is 3. The second kappa shape index (κ2) is 6.16. The summed E-state index contributed by atoms with van der Waals surface area (Å²) in [5.74, 6) is 0.826. The van der Waals surface area contributed by atoms with E-state index in [1.54, 1.807) is 6.92 Å². The molecule has 0 amide bonds. The van der Waals surface area contributed by atoms with E-state index < -0.39 is 11.9 Å². The van der Waals surface area contributed by atoms with Crippen molar-refractivity contribution in [3.63, 3.8) is 0 Å². The summed E-state index contributed by atoms with van der Waals surface area (Å²) in [5.41, 5.74) is -0.427. The Morgan fingerprint density at radius 2 is 1.67 bits per heavy atom. The lowest BCUT2D eigenvalue weighted by Crippen LogP contribution is -2.09. The van der Waals surface area contributed by atoms with Crippen molar-refractivity contribution >= 4 is 11.6 Å². The van der Waals surface area contributed by atoms with Gasteiger partial charge >= 0.3 is 6.18 Å². The molecule has 0 N–H and O–H groups in total. The molecule has 0 saturated carbocycles. The Morgan fingerprint density at radius 1 is 1.04 bits per heavy atom. The van der Waals surface area contributed by atoms with Crippen LogP contribution in [0, 0.1) is 6.92 Å². The van der Waals surface area contributed by atoms with Crippen molar-refractivity contribution < 1.29 is 13.2 Å². The van der Waals surface area contributed by atoms with Crippen LogP contribution in [0.1, 0.15) is 23.0 Å². The fourth-order valence-corrected chi connectivity index (χ4v) is 2.09. The van der Waals surface area contributed by atoms with Crippen LogP contribution in [-0.2, 0) is 12.6 Å². The third-order valence-electron chi connectivity index (χ3n) is 3.10. The van der Waals surface area contributed by atoms with Crippen molar-refractivity contribution in [2.45, 2.75) is 19.5 Å². The molecule has 0 spiro atoms.